The fraction of sp³-hybridized carbons (Fsp3) is 0.300. The summed E-state index contributed by atoms with van der Waals surface area (Å²) in [5.41, 5.74) is 3.80. The van der Waals surface area contributed by atoms with Crippen molar-refractivity contribution >= 4 is 17.5 Å². The molecule has 0 saturated heterocycles. The summed E-state index contributed by atoms with van der Waals surface area (Å²) in [4.78, 5) is 24.4. The number of nitrogens with one attached hydrogen (secondary N) is 2. The van der Waals surface area contributed by atoms with E-state index >= 15 is 0 Å². The number of halogens is 2. The number of methoxy groups -OCH3 is 1. The number of hydrogen-bond donors (Lipinski definition) is 2. The molecule has 0 unspecified atom stereocenters. The van der Waals surface area contributed by atoms with Gasteiger partial charge in [0.05, 0.1) is 13.7 Å². The summed E-state index contributed by atoms with van der Waals surface area (Å²) in [6.07, 6.45) is 0. The van der Waals surface area contributed by atoms with Gasteiger partial charge in [-0.1, -0.05) is 17.7 Å². The monoisotopic (exact) mass is 392 g/mol. The third-order valence-corrected chi connectivity index (χ3v) is 3.99. The van der Waals surface area contributed by atoms with Crippen molar-refractivity contribution < 1.29 is 27.8 Å². The molecule has 8 heteroatoms. The lowest BCUT2D eigenvalue weighted by atomic mass is 10.1. The van der Waals surface area contributed by atoms with Gasteiger partial charge in [-0.05, 0) is 50.1 Å². The number of amides is 2. The first-order chi connectivity index (χ1) is 13.2. The molecule has 0 atom stereocenters. The van der Waals surface area contributed by atoms with E-state index in [9.17, 15) is 18.4 Å². The third-order valence-electron chi connectivity index (χ3n) is 3.99. The van der Waals surface area contributed by atoms with E-state index in [0.717, 1.165) is 16.7 Å². The number of hydrogen-bond acceptors (Lipinski definition) is 4. The molecule has 0 heterocycles. The average Bonchev–Trinajstić information content (AvgIpc) is 2.62. The van der Waals surface area contributed by atoms with Gasteiger partial charge in [0.15, 0.2) is 11.5 Å². The summed E-state index contributed by atoms with van der Waals surface area (Å²) >= 11 is 0. The summed E-state index contributed by atoms with van der Waals surface area (Å²) in [7, 11) is 1.27. The van der Waals surface area contributed by atoms with Gasteiger partial charge in [0.2, 0.25) is 5.91 Å². The Bertz CT molecular complexity index is 861. The Labute approximate surface area is 161 Å². The van der Waals surface area contributed by atoms with Crippen LogP contribution in [0.3, 0.4) is 0 Å². The van der Waals surface area contributed by atoms with Gasteiger partial charge < -0.3 is 20.1 Å². The number of anilines is 1. The molecule has 2 rings (SSSR count). The maximum Gasteiger partial charge on any atom is 0.387 e. The second-order valence-electron chi connectivity index (χ2n) is 6.25. The fourth-order valence-corrected chi connectivity index (χ4v) is 2.83. The highest BCUT2D eigenvalue weighted by molar-refractivity contribution is 6.00. The number of carbonyl (C=O) groups excluding carboxylic acids is 2. The zero-order valence-electron chi connectivity index (χ0n) is 16.1. The second-order valence-corrected chi connectivity index (χ2v) is 6.25. The molecule has 0 aliphatic heterocycles. The van der Waals surface area contributed by atoms with Crippen LogP contribution in [-0.2, 0) is 4.79 Å². The van der Waals surface area contributed by atoms with Crippen LogP contribution in [-0.4, -0.2) is 32.1 Å². The Morgan fingerprint density at radius 2 is 1.68 bits per heavy atom. The van der Waals surface area contributed by atoms with E-state index < -0.39 is 12.5 Å². The molecule has 2 aromatic rings. The molecule has 2 amide bonds. The van der Waals surface area contributed by atoms with Crippen LogP contribution < -0.4 is 20.1 Å². The van der Waals surface area contributed by atoms with E-state index in [1.165, 1.54) is 25.3 Å². The molecule has 6 nitrogen and oxygen atoms in total. The first-order valence-corrected chi connectivity index (χ1v) is 8.50. The minimum atomic E-state index is -3.01. The predicted octanol–water partition coefficient (Wildman–Crippen LogP) is 3.59. The van der Waals surface area contributed by atoms with Crippen LogP contribution in [0.1, 0.15) is 27.0 Å². The Hall–Kier alpha value is -3.16. The summed E-state index contributed by atoms with van der Waals surface area (Å²) in [5.74, 6) is -1.12. The van der Waals surface area contributed by atoms with E-state index in [1.54, 1.807) is 0 Å². The van der Waals surface area contributed by atoms with Crippen molar-refractivity contribution in [2.24, 2.45) is 0 Å². The number of carbonyl (C=O) groups is 2. The number of aryl methyl sites for hydroxylation is 3. The third kappa shape index (κ3) is 5.42. The van der Waals surface area contributed by atoms with Gasteiger partial charge in [0.25, 0.3) is 5.91 Å². The maximum atomic E-state index is 12.4. The van der Waals surface area contributed by atoms with Gasteiger partial charge in [-0.2, -0.15) is 8.78 Å². The van der Waals surface area contributed by atoms with Crippen LogP contribution in [0.2, 0.25) is 0 Å². The van der Waals surface area contributed by atoms with Gasteiger partial charge in [0, 0.05) is 11.3 Å². The molecule has 0 saturated carbocycles. The zero-order valence-corrected chi connectivity index (χ0v) is 16.1. The summed E-state index contributed by atoms with van der Waals surface area (Å²) < 4.78 is 34.0. The van der Waals surface area contributed by atoms with Crippen LogP contribution in [0.5, 0.6) is 11.5 Å². The molecule has 0 bridgehead atoms. The van der Waals surface area contributed by atoms with E-state index in [-0.39, 0.29) is 29.5 Å². The minimum Gasteiger partial charge on any atom is -0.493 e. The first-order valence-electron chi connectivity index (χ1n) is 8.50. The molecule has 150 valence electrons. The van der Waals surface area contributed by atoms with Crippen molar-refractivity contribution in [2.75, 3.05) is 19.0 Å². The van der Waals surface area contributed by atoms with Gasteiger partial charge in [-0.3, -0.25) is 9.59 Å². The molecule has 0 fully saturated rings. The normalized spacial score (nSPS) is 10.5. The Balaban J connectivity index is 2.01. The molecular formula is C20H22F2N2O4. The highest BCUT2D eigenvalue weighted by Gasteiger charge is 2.15. The Morgan fingerprint density at radius 3 is 2.25 bits per heavy atom. The summed E-state index contributed by atoms with van der Waals surface area (Å²) in [6, 6.07) is 7.69. The smallest absolute Gasteiger partial charge is 0.387 e. The van der Waals surface area contributed by atoms with E-state index in [2.05, 4.69) is 15.4 Å². The molecule has 0 aromatic heterocycles. The number of rotatable bonds is 7. The Kier molecular flexibility index (Phi) is 6.92. The van der Waals surface area contributed by atoms with Crippen molar-refractivity contribution in [2.45, 2.75) is 27.4 Å². The minimum absolute atomic E-state index is 0.0108. The number of alkyl halides is 2. The van der Waals surface area contributed by atoms with E-state index in [4.69, 9.17) is 4.74 Å². The molecule has 0 spiro atoms. The zero-order chi connectivity index (χ0) is 20.8. The molecule has 0 aliphatic carbocycles. The van der Waals surface area contributed by atoms with Crippen LogP contribution in [0.25, 0.3) is 0 Å². The SMILES string of the molecule is COc1cc(C(=O)NCC(=O)Nc2c(C)cc(C)cc2C)ccc1OC(F)F. The number of benzene rings is 2. The lowest BCUT2D eigenvalue weighted by Gasteiger charge is -2.14. The highest BCUT2D eigenvalue weighted by atomic mass is 19.3. The van der Waals surface area contributed by atoms with Crippen LogP contribution in [0.15, 0.2) is 30.3 Å². The lowest BCUT2D eigenvalue weighted by Crippen LogP contribution is -2.33. The first kappa shape index (κ1) is 21.1. The lowest BCUT2D eigenvalue weighted by molar-refractivity contribution is -0.115. The van der Waals surface area contributed by atoms with Gasteiger partial charge in [-0.25, -0.2) is 0 Å². The van der Waals surface area contributed by atoms with Crippen LogP contribution >= 0.6 is 0 Å². The molecular weight excluding hydrogens is 370 g/mol. The molecule has 2 N–H and O–H groups in total. The number of ether oxygens (including phenoxy) is 2. The van der Waals surface area contributed by atoms with Crippen molar-refractivity contribution in [3.63, 3.8) is 0 Å². The quantitative estimate of drug-likeness (QED) is 0.755. The van der Waals surface area contributed by atoms with Crippen molar-refractivity contribution in [3.8, 4) is 11.5 Å². The van der Waals surface area contributed by atoms with Crippen LogP contribution in [0, 0.1) is 20.8 Å². The fourth-order valence-electron chi connectivity index (χ4n) is 2.83. The van der Waals surface area contributed by atoms with E-state index in [0.29, 0.717) is 5.69 Å². The molecule has 0 aliphatic rings. The molecule has 0 radical (unpaired) electrons. The van der Waals surface area contributed by atoms with Crippen LogP contribution in [0.4, 0.5) is 14.5 Å². The second kappa shape index (κ2) is 9.16. The topological polar surface area (TPSA) is 76.7 Å². The highest BCUT2D eigenvalue weighted by Crippen LogP contribution is 2.29. The van der Waals surface area contributed by atoms with E-state index in [1.807, 2.05) is 32.9 Å². The van der Waals surface area contributed by atoms with Crippen molar-refractivity contribution in [1.29, 1.82) is 0 Å². The maximum absolute atomic E-state index is 12.4. The summed E-state index contributed by atoms with van der Waals surface area (Å²) in [5, 5.41) is 5.27. The molecule has 2 aromatic carbocycles. The largest absolute Gasteiger partial charge is 0.493 e. The average molecular weight is 392 g/mol. The predicted molar refractivity (Wildman–Crippen MR) is 101 cm³/mol. The standard InChI is InChI=1S/C20H22F2N2O4/c1-11-7-12(2)18(13(3)8-11)24-17(25)10-23-19(26)14-5-6-15(28-20(21)22)16(9-14)27-4/h5-9,20H,10H2,1-4H3,(H,23,26)(H,24,25). The summed E-state index contributed by atoms with van der Waals surface area (Å²) in [6.45, 7) is 2.50. The van der Waals surface area contributed by atoms with Crippen molar-refractivity contribution in [1.82, 2.24) is 5.32 Å². The van der Waals surface area contributed by atoms with Crippen molar-refractivity contribution in [3.05, 3.63) is 52.6 Å². The van der Waals surface area contributed by atoms with Gasteiger partial charge >= 0.3 is 6.61 Å². The molecule has 28 heavy (non-hydrogen) atoms. The Morgan fingerprint density at radius 1 is 1.04 bits per heavy atom. The van der Waals surface area contributed by atoms with Gasteiger partial charge in [0.1, 0.15) is 0 Å². The van der Waals surface area contributed by atoms with Gasteiger partial charge in [-0.15, -0.1) is 0 Å².